The molecule has 0 bridgehead atoms. The molecule has 0 amide bonds. The number of nitrogens with zero attached hydrogens (tertiary/aromatic N) is 4. The Bertz CT molecular complexity index is 1150. The van der Waals surface area contributed by atoms with Gasteiger partial charge in [-0.2, -0.15) is 0 Å². The number of Topliss-reactive ketones (excluding diaryl/α,β-unsaturated/α-hetero) is 1. The van der Waals surface area contributed by atoms with Gasteiger partial charge in [0.25, 0.3) is 11.1 Å². The lowest BCUT2D eigenvalue weighted by Crippen LogP contribution is -2.05. The van der Waals surface area contributed by atoms with Gasteiger partial charge in [0.05, 0.1) is 18.4 Å². The monoisotopic (exact) mass is 426 g/mol. The van der Waals surface area contributed by atoms with E-state index in [4.69, 9.17) is 9.15 Å². The number of benzene rings is 1. The first-order valence-corrected chi connectivity index (χ1v) is 10.7. The summed E-state index contributed by atoms with van der Waals surface area (Å²) in [4.78, 5) is 17.1. The van der Waals surface area contributed by atoms with E-state index < -0.39 is 0 Å². The first-order valence-electron chi connectivity index (χ1n) is 8.80. The molecule has 4 aromatic rings. The van der Waals surface area contributed by atoms with E-state index in [9.17, 15) is 4.79 Å². The van der Waals surface area contributed by atoms with Crippen LogP contribution in [0.4, 0.5) is 0 Å². The molecular formula is C20H18N4O3S2. The lowest BCUT2D eigenvalue weighted by molar-refractivity contribution is 0.102. The summed E-state index contributed by atoms with van der Waals surface area (Å²) in [6, 6.07) is 9.31. The van der Waals surface area contributed by atoms with E-state index in [2.05, 4.69) is 15.2 Å². The van der Waals surface area contributed by atoms with Gasteiger partial charge in [0.2, 0.25) is 0 Å². The summed E-state index contributed by atoms with van der Waals surface area (Å²) < 4.78 is 13.0. The Morgan fingerprint density at radius 2 is 2.10 bits per heavy atom. The van der Waals surface area contributed by atoms with Crippen LogP contribution in [0.1, 0.15) is 21.7 Å². The molecule has 0 saturated carbocycles. The molecule has 1 aromatic carbocycles. The van der Waals surface area contributed by atoms with Gasteiger partial charge in [-0.15, -0.1) is 21.5 Å². The molecule has 148 valence electrons. The van der Waals surface area contributed by atoms with Crippen LogP contribution < -0.4 is 4.74 Å². The molecule has 29 heavy (non-hydrogen) atoms. The summed E-state index contributed by atoms with van der Waals surface area (Å²) in [6.07, 6.45) is 1.76. The number of para-hydroxylation sites is 1. The van der Waals surface area contributed by atoms with Gasteiger partial charge in [-0.05, 0) is 32.0 Å². The van der Waals surface area contributed by atoms with E-state index in [1.54, 1.807) is 13.3 Å². The third-order valence-electron chi connectivity index (χ3n) is 4.41. The molecule has 0 radical (unpaired) electrons. The Labute approximate surface area is 175 Å². The van der Waals surface area contributed by atoms with Crippen LogP contribution in [0.2, 0.25) is 0 Å². The maximum atomic E-state index is 12.8. The van der Waals surface area contributed by atoms with Gasteiger partial charge in [-0.1, -0.05) is 23.9 Å². The van der Waals surface area contributed by atoms with Crippen molar-refractivity contribution in [3.05, 3.63) is 58.9 Å². The fourth-order valence-corrected chi connectivity index (χ4v) is 4.47. The Morgan fingerprint density at radius 1 is 1.28 bits per heavy atom. The summed E-state index contributed by atoms with van der Waals surface area (Å²) >= 11 is 2.76. The van der Waals surface area contributed by atoms with Crippen LogP contribution in [0.5, 0.6) is 5.75 Å². The number of ketones is 1. The number of ether oxygens (including phenoxy) is 1. The summed E-state index contributed by atoms with van der Waals surface area (Å²) in [6.45, 7) is 3.90. The van der Waals surface area contributed by atoms with Crippen LogP contribution in [0.25, 0.3) is 16.6 Å². The molecular weight excluding hydrogens is 408 g/mol. The first-order chi connectivity index (χ1) is 14.1. The van der Waals surface area contributed by atoms with Gasteiger partial charge in [-0.25, -0.2) is 4.98 Å². The van der Waals surface area contributed by atoms with Crippen LogP contribution in [0, 0.1) is 13.8 Å². The fraction of sp³-hybridized carbons (Fsp3) is 0.200. The first kappa shape index (κ1) is 19.4. The van der Waals surface area contributed by atoms with Crippen molar-refractivity contribution >= 4 is 28.9 Å². The standard InChI is InChI=1S/C20H18N4O3S2/c1-12-10-15(13(2)24(12)19-21-8-9-28-19)16(25)11-29-20-23-22-18(27-20)14-6-4-5-7-17(14)26-3/h4-10H,11H2,1-3H3. The van der Waals surface area contributed by atoms with Crippen LogP contribution in [-0.2, 0) is 0 Å². The zero-order valence-corrected chi connectivity index (χ0v) is 17.7. The summed E-state index contributed by atoms with van der Waals surface area (Å²) in [7, 11) is 1.59. The second-order valence-corrected chi connectivity index (χ2v) is 8.02. The second-order valence-electron chi connectivity index (χ2n) is 6.22. The Morgan fingerprint density at radius 3 is 2.86 bits per heavy atom. The third-order valence-corrected chi connectivity index (χ3v) is 5.99. The molecule has 3 aromatic heterocycles. The van der Waals surface area contributed by atoms with Crippen molar-refractivity contribution in [2.45, 2.75) is 19.1 Å². The number of carbonyl (C=O) groups is 1. The van der Waals surface area contributed by atoms with Crippen molar-refractivity contribution < 1.29 is 13.9 Å². The van der Waals surface area contributed by atoms with Gasteiger partial charge < -0.3 is 9.15 Å². The molecule has 0 saturated heterocycles. The van der Waals surface area contributed by atoms with Crippen molar-refractivity contribution in [1.82, 2.24) is 19.7 Å². The molecule has 0 aliphatic rings. The molecule has 4 rings (SSSR count). The second kappa shape index (κ2) is 8.22. The minimum Gasteiger partial charge on any atom is -0.496 e. The SMILES string of the molecule is COc1ccccc1-c1nnc(SCC(=O)c2cc(C)n(-c3nccs3)c2C)o1. The number of carbonyl (C=O) groups excluding carboxylic acids is 1. The molecule has 0 fully saturated rings. The zero-order valence-electron chi connectivity index (χ0n) is 16.1. The number of hydrogen-bond acceptors (Lipinski definition) is 8. The number of thioether (sulfide) groups is 1. The van der Waals surface area contributed by atoms with Gasteiger partial charge >= 0.3 is 0 Å². The van der Waals surface area contributed by atoms with Crippen molar-refractivity contribution in [3.8, 4) is 22.3 Å². The van der Waals surface area contributed by atoms with E-state index in [1.165, 1.54) is 23.1 Å². The highest BCUT2D eigenvalue weighted by Crippen LogP contribution is 2.31. The van der Waals surface area contributed by atoms with Crippen molar-refractivity contribution in [1.29, 1.82) is 0 Å². The van der Waals surface area contributed by atoms with Gasteiger partial charge in [-0.3, -0.25) is 9.36 Å². The Hall–Kier alpha value is -2.91. The van der Waals surface area contributed by atoms with Crippen LogP contribution in [-0.4, -0.2) is 38.4 Å². The molecule has 7 nitrogen and oxygen atoms in total. The lowest BCUT2D eigenvalue weighted by atomic mass is 10.2. The Balaban J connectivity index is 1.49. The minimum absolute atomic E-state index is 0.00273. The predicted octanol–water partition coefficient (Wildman–Crippen LogP) is 4.58. The molecule has 9 heteroatoms. The number of thiazole rings is 1. The molecule has 0 N–H and O–H groups in total. The van der Waals surface area contributed by atoms with Crippen molar-refractivity contribution in [2.24, 2.45) is 0 Å². The fourth-order valence-electron chi connectivity index (χ4n) is 3.07. The molecule has 3 heterocycles. The molecule has 0 aliphatic carbocycles. The summed E-state index contributed by atoms with van der Waals surface area (Å²) in [5.41, 5.74) is 3.24. The van der Waals surface area contributed by atoms with E-state index in [0.717, 1.165) is 16.5 Å². The number of aromatic nitrogens is 4. The van der Waals surface area contributed by atoms with Crippen LogP contribution in [0.3, 0.4) is 0 Å². The quantitative estimate of drug-likeness (QED) is 0.316. The highest BCUT2D eigenvalue weighted by molar-refractivity contribution is 7.99. The predicted molar refractivity (Wildman–Crippen MR) is 112 cm³/mol. The average Bonchev–Trinajstić information content (AvgIpc) is 3.47. The van der Waals surface area contributed by atoms with Gasteiger partial charge in [0.1, 0.15) is 5.75 Å². The number of rotatable bonds is 7. The van der Waals surface area contributed by atoms with E-state index in [0.29, 0.717) is 28.0 Å². The van der Waals surface area contributed by atoms with Crippen LogP contribution in [0.15, 0.2) is 51.5 Å². The third kappa shape index (κ3) is 3.83. The maximum Gasteiger partial charge on any atom is 0.277 e. The number of hydrogen-bond donors (Lipinski definition) is 0. The largest absolute Gasteiger partial charge is 0.496 e. The molecule has 0 aliphatic heterocycles. The van der Waals surface area contributed by atoms with Crippen LogP contribution >= 0.6 is 23.1 Å². The Kier molecular flexibility index (Phi) is 5.50. The molecule has 0 unspecified atom stereocenters. The normalized spacial score (nSPS) is 11.0. The zero-order chi connectivity index (χ0) is 20.4. The van der Waals surface area contributed by atoms with Gasteiger partial charge in [0.15, 0.2) is 10.9 Å². The highest BCUT2D eigenvalue weighted by atomic mass is 32.2. The number of methoxy groups -OCH3 is 1. The van der Waals surface area contributed by atoms with Gasteiger partial charge in [0, 0.05) is 28.5 Å². The maximum absolute atomic E-state index is 12.8. The van der Waals surface area contributed by atoms with Crippen molar-refractivity contribution in [2.75, 3.05) is 12.9 Å². The lowest BCUT2D eigenvalue weighted by Gasteiger charge is -2.05. The molecule has 0 spiro atoms. The summed E-state index contributed by atoms with van der Waals surface area (Å²) in [5, 5.41) is 11.2. The van der Waals surface area contributed by atoms with E-state index in [1.807, 2.05) is 54.1 Å². The topological polar surface area (TPSA) is 83.0 Å². The highest BCUT2D eigenvalue weighted by Gasteiger charge is 2.19. The minimum atomic E-state index is 0.00273. The smallest absolute Gasteiger partial charge is 0.277 e. The molecule has 0 atom stereocenters. The number of aryl methyl sites for hydroxylation is 1. The van der Waals surface area contributed by atoms with E-state index >= 15 is 0 Å². The van der Waals surface area contributed by atoms with E-state index in [-0.39, 0.29) is 11.5 Å². The van der Waals surface area contributed by atoms with Crippen molar-refractivity contribution in [3.63, 3.8) is 0 Å². The summed E-state index contributed by atoms with van der Waals surface area (Å²) in [5.74, 6) is 1.22. The average molecular weight is 427 g/mol.